The summed E-state index contributed by atoms with van der Waals surface area (Å²) in [6.07, 6.45) is 0. The summed E-state index contributed by atoms with van der Waals surface area (Å²) < 4.78 is 0. The molecule has 9 rings (SSSR count). The van der Waals surface area contributed by atoms with Crippen LogP contribution in [0.2, 0.25) is 10.0 Å². The van der Waals surface area contributed by atoms with Crippen LogP contribution in [-0.4, -0.2) is 0 Å². The van der Waals surface area contributed by atoms with Gasteiger partial charge in [0.2, 0.25) is 0 Å². The maximum atomic E-state index is 6.08. The molecular weight excluding hydrogens is 752 g/mol. The molecule has 0 aliphatic heterocycles. The van der Waals surface area contributed by atoms with Gasteiger partial charge in [-0.25, -0.2) is 0 Å². The van der Waals surface area contributed by atoms with E-state index in [1.54, 1.807) is 22.7 Å². The molecule has 5 aromatic carbocycles. The summed E-state index contributed by atoms with van der Waals surface area (Å²) >= 11 is 19.4. The van der Waals surface area contributed by atoms with Crippen LogP contribution < -0.4 is 0 Å². The van der Waals surface area contributed by atoms with E-state index >= 15 is 0 Å². The highest BCUT2D eigenvalue weighted by atomic mass is 35.5. The van der Waals surface area contributed by atoms with Gasteiger partial charge in [0.05, 0.1) is 0 Å². The molecule has 0 saturated carbocycles. The first kappa shape index (κ1) is 33.3. The SMILES string of the molecule is Clc1ccc(-c2ccc(-c3ccc(-c4ccc(-c5ccc(-c6ccc(-c7ccc(-c8ccc(-c9ccc(Cl)cc9)s8)cc7)s6)cc5)s4)cc3)s2)cc1. The Hall–Kier alpha value is -4.52. The molecule has 0 spiro atoms. The molecule has 9 aromatic rings. The summed E-state index contributed by atoms with van der Waals surface area (Å²) in [5.41, 5.74) is 9.81. The van der Waals surface area contributed by atoms with Gasteiger partial charge in [-0.2, -0.15) is 0 Å². The van der Waals surface area contributed by atoms with Gasteiger partial charge >= 0.3 is 0 Å². The number of rotatable bonds is 8. The molecule has 4 heterocycles. The lowest BCUT2D eigenvalue weighted by atomic mass is 10.1. The lowest BCUT2D eigenvalue weighted by Crippen LogP contribution is -1.75. The van der Waals surface area contributed by atoms with Crippen LogP contribution in [0.25, 0.3) is 83.5 Å². The standard InChI is InChI=1S/C46H28Cl2S4/c47-37-17-13-35(14-18-37)45-27-25-43(51-45)33-9-5-31(6-10-33)41-23-21-39(49-41)29-1-2-30(4-3-29)40-22-24-42(50-40)32-7-11-34(12-8-32)44-26-28-46(52-44)36-15-19-38(48)20-16-36/h1-28H. The quantitative estimate of drug-likeness (QED) is 0.144. The average molecular weight is 780 g/mol. The fourth-order valence-corrected chi connectivity index (χ4v) is 10.5. The van der Waals surface area contributed by atoms with E-state index in [-0.39, 0.29) is 0 Å². The molecule has 0 atom stereocenters. The van der Waals surface area contributed by atoms with Gasteiger partial charge in [-0.15, -0.1) is 45.3 Å². The van der Waals surface area contributed by atoms with Crippen molar-refractivity contribution in [2.75, 3.05) is 0 Å². The summed E-state index contributed by atoms with van der Waals surface area (Å²) in [5.74, 6) is 0. The fourth-order valence-electron chi connectivity index (χ4n) is 6.22. The third-order valence-corrected chi connectivity index (χ3v) is 14.3. The molecule has 0 bridgehead atoms. The van der Waals surface area contributed by atoms with E-state index in [0.717, 1.165) is 10.0 Å². The lowest BCUT2D eigenvalue weighted by Gasteiger charge is -2.03. The second-order valence-corrected chi connectivity index (χ2v) is 17.6. The van der Waals surface area contributed by atoms with E-state index in [9.17, 15) is 0 Å². The summed E-state index contributed by atoms with van der Waals surface area (Å²) in [4.78, 5) is 10.1. The summed E-state index contributed by atoms with van der Waals surface area (Å²) in [6.45, 7) is 0. The van der Waals surface area contributed by atoms with Gasteiger partial charge < -0.3 is 0 Å². The molecule has 0 aliphatic rings. The van der Waals surface area contributed by atoms with Crippen LogP contribution in [0.4, 0.5) is 0 Å². The van der Waals surface area contributed by atoms with Gasteiger partial charge in [0, 0.05) is 49.1 Å². The van der Waals surface area contributed by atoms with E-state index in [1.807, 2.05) is 46.9 Å². The molecule has 6 heteroatoms. The van der Waals surface area contributed by atoms with Gasteiger partial charge in [-0.3, -0.25) is 0 Å². The maximum absolute atomic E-state index is 6.08. The van der Waals surface area contributed by atoms with Gasteiger partial charge in [0.25, 0.3) is 0 Å². The van der Waals surface area contributed by atoms with Crippen LogP contribution >= 0.6 is 68.5 Å². The Morgan fingerprint density at radius 2 is 0.327 bits per heavy atom. The van der Waals surface area contributed by atoms with E-state index in [4.69, 9.17) is 23.2 Å². The first-order valence-electron chi connectivity index (χ1n) is 16.8. The Morgan fingerprint density at radius 1 is 0.192 bits per heavy atom. The Morgan fingerprint density at radius 3 is 0.481 bits per heavy atom. The summed E-state index contributed by atoms with van der Waals surface area (Å²) in [7, 11) is 0. The van der Waals surface area contributed by atoms with Crippen molar-refractivity contribution in [3.05, 3.63) is 180 Å². The first-order valence-corrected chi connectivity index (χ1v) is 20.8. The smallest absolute Gasteiger partial charge is 0.0406 e. The summed E-state index contributed by atoms with van der Waals surface area (Å²) in [5, 5.41) is 1.52. The number of hydrogen-bond donors (Lipinski definition) is 0. The summed E-state index contributed by atoms with van der Waals surface area (Å²) in [6, 6.07) is 60.7. The highest BCUT2D eigenvalue weighted by molar-refractivity contribution is 7.20. The molecule has 0 aliphatic carbocycles. The number of hydrogen-bond acceptors (Lipinski definition) is 4. The van der Waals surface area contributed by atoms with Crippen LogP contribution in [-0.2, 0) is 0 Å². The molecule has 52 heavy (non-hydrogen) atoms. The zero-order valence-electron chi connectivity index (χ0n) is 27.6. The molecule has 0 amide bonds. The largest absolute Gasteiger partial charge is 0.135 e. The molecule has 4 aromatic heterocycles. The van der Waals surface area contributed by atoms with Gasteiger partial charge in [-0.1, -0.05) is 120 Å². The van der Waals surface area contributed by atoms with Crippen molar-refractivity contribution >= 4 is 68.5 Å². The predicted molar refractivity (Wildman–Crippen MR) is 231 cm³/mol. The highest BCUT2D eigenvalue weighted by Gasteiger charge is 2.11. The Labute approximate surface area is 329 Å². The molecule has 0 saturated heterocycles. The van der Waals surface area contributed by atoms with Gasteiger partial charge in [0.1, 0.15) is 0 Å². The molecule has 0 fully saturated rings. The van der Waals surface area contributed by atoms with Crippen LogP contribution in [0.1, 0.15) is 0 Å². The predicted octanol–water partition coefficient (Wildman–Crippen LogP) is 16.6. The first-order chi connectivity index (χ1) is 25.5. The van der Waals surface area contributed by atoms with Crippen molar-refractivity contribution in [2.24, 2.45) is 0 Å². The van der Waals surface area contributed by atoms with Crippen molar-refractivity contribution in [2.45, 2.75) is 0 Å². The monoisotopic (exact) mass is 778 g/mol. The molecule has 0 nitrogen and oxygen atoms in total. The minimum atomic E-state index is 0.760. The maximum Gasteiger partial charge on any atom is 0.0406 e. The minimum absolute atomic E-state index is 0.760. The third kappa shape index (κ3) is 6.99. The molecular formula is C46H28Cl2S4. The van der Waals surface area contributed by atoms with Crippen molar-refractivity contribution in [3.63, 3.8) is 0 Å². The second-order valence-electron chi connectivity index (χ2n) is 12.4. The topological polar surface area (TPSA) is 0 Å². The van der Waals surface area contributed by atoms with Crippen molar-refractivity contribution in [1.29, 1.82) is 0 Å². The molecule has 0 radical (unpaired) electrons. The fraction of sp³-hybridized carbons (Fsp3) is 0. The van der Waals surface area contributed by atoms with Crippen molar-refractivity contribution < 1.29 is 0 Å². The van der Waals surface area contributed by atoms with E-state index in [1.165, 1.54) is 83.5 Å². The minimum Gasteiger partial charge on any atom is -0.135 e. The van der Waals surface area contributed by atoms with Crippen molar-refractivity contribution in [3.8, 4) is 83.5 Å². The van der Waals surface area contributed by atoms with E-state index < -0.39 is 0 Å². The molecule has 0 unspecified atom stereocenters. The third-order valence-electron chi connectivity index (χ3n) is 9.04. The van der Waals surface area contributed by atoms with Crippen LogP contribution in [0.15, 0.2) is 170 Å². The van der Waals surface area contributed by atoms with Gasteiger partial charge in [0.15, 0.2) is 0 Å². The van der Waals surface area contributed by atoms with Crippen LogP contribution in [0, 0.1) is 0 Å². The normalized spacial score (nSPS) is 11.3. The van der Waals surface area contributed by atoms with Gasteiger partial charge in [-0.05, 0) is 117 Å². The number of benzene rings is 5. The molecule has 0 N–H and O–H groups in total. The lowest BCUT2D eigenvalue weighted by molar-refractivity contribution is 1.68. The van der Waals surface area contributed by atoms with E-state index in [2.05, 4.69) is 146 Å². The highest BCUT2D eigenvalue weighted by Crippen LogP contribution is 2.41. The van der Waals surface area contributed by atoms with Crippen molar-refractivity contribution in [1.82, 2.24) is 0 Å². The van der Waals surface area contributed by atoms with Crippen LogP contribution in [0.5, 0.6) is 0 Å². The number of halogens is 2. The molecule has 250 valence electrons. The Balaban J connectivity index is 0.858. The zero-order chi connectivity index (χ0) is 35.0. The Kier molecular flexibility index (Phi) is 9.28. The van der Waals surface area contributed by atoms with E-state index in [0.29, 0.717) is 0 Å². The second kappa shape index (κ2) is 14.5. The Bertz CT molecular complexity index is 2420. The average Bonchev–Trinajstić information content (AvgIpc) is 4.03. The zero-order valence-corrected chi connectivity index (χ0v) is 32.3. The van der Waals surface area contributed by atoms with Crippen LogP contribution in [0.3, 0.4) is 0 Å². The number of thiophene rings is 4.